The highest BCUT2D eigenvalue weighted by atomic mass is 16.5. The molecule has 0 heterocycles. The van der Waals surface area contributed by atoms with E-state index < -0.39 is 12.0 Å². The standard InChI is InChI=1S/C6H14N2O2/c1-5(6(8)9)10-4-2-3-7/h5H,2-4,7H2,1H3,(H2,8,9). The summed E-state index contributed by atoms with van der Waals surface area (Å²) in [7, 11) is 0. The maximum atomic E-state index is 10.4. The van der Waals surface area contributed by atoms with Gasteiger partial charge in [0, 0.05) is 6.61 Å². The fourth-order valence-corrected chi connectivity index (χ4v) is 0.426. The first-order chi connectivity index (χ1) is 4.68. The fraction of sp³-hybridized carbons (Fsp3) is 0.833. The van der Waals surface area contributed by atoms with Crippen LogP contribution in [0.3, 0.4) is 0 Å². The molecule has 10 heavy (non-hydrogen) atoms. The molecule has 0 aliphatic rings. The Morgan fingerprint density at radius 1 is 1.70 bits per heavy atom. The number of carbonyl (C=O) groups is 1. The average Bonchev–Trinajstić information content (AvgIpc) is 1.88. The maximum absolute atomic E-state index is 10.4. The molecule has 0 aromatic heterocycles. The predicted octanol–water partition coefficient (Wildman–Crippen LogP) is -0.774. The zero-order valence-corrected chi connectivity index (χ0v) is 6.17. The van der Waals surface area contributed by atoms with Crippen molar-refractivity contribution >= 4 is 5.91 Å². The molecule has 0 spiro atoms. The largest absolute Gasteiger partial charge is 0.369 e. The second-order valence-corrected chi connectivity index (χ2v) is 2.06. The summed E-state index contributed by atoms with van der Waals surface area (Å²) in [6.07, 6.45) is 0.268. The molecule has 0 bridgehead atoms. The molecular formula is C6H14N2O2. The first-order valence-corrected chi connectivity index (χ1v) is 3.29. The molecule has 60 valence electrons. The average molecular weight is 146 g/mol. The molecule has 0 aromatic carbocycles. The topological polar surface area (TPSA) is 78.3 Å². The Hall–Kier alpha value is -0.610. The lowest BCUT2D eigenvalue weighted by molar-refractivity contribution is -0.128. The van der Waals surface area contributed by atoms with Crippen molar-refractivity contribution in [2.24, 2.45) is 11.5 Å². The van der Waals surface area contributed by atoms with Crippen molar-refractivity contribution in [3.63, 3.8) is 0 Å². The molecule has 1 unspecified atom stereocenters. The molecule has 0 fully saturated rings. The van der Waals surface area contributed by atoms with Gasteiger partial charge in [-0.15, -0.1) is 0 Å². The molecule has 0 aromatic rings. The number of carbonyl (C=O) groups excluding carboxylic acids is 1. The molecule has 0 saturated heterocycles. The van der Waals surface area contributed by atoms with Crippen LogP contribution in [0, 0.1) is 0 Å². The van der Waals surface area contributed by atoms with Gasteiger partial charge in [-0.05, 0) is 19.9 Å². The van der Waals surface area contributed by atoms with Crippen molar-refractivity contribution < 1.29 is 9.53 Å². The number of rotatable bonds is 5. The second-order valence-electron chi connectivity index (χ2n) is 2.06. The molecule has 0 saturated carbocycles. The van der Waals surface area contributed by atoms with Crippen LogP contribution in [0.4, 0.5) is 0 Å². The SMILES string of the molecule is CC(OCCCN)C(N)=O. The fourth-order valence-electron chi connectivity index (χ4n) is 0.426. The van der Waals surface area contributed by atoms with Gasteiger partial charge in [-0.1, -0.05) is 0 Å². The smallest absolute Gasteiger partial charge is 0.246 e. The molecule has 0 rings (SSSR count). The van der Waals surface area contributed by atoms with E-state index in [-0.39, 0.29) is 0 Å². The van der Waals surface area contributed by atoms with Crippen molar-refractivity contribution in [1.82, 2.24) is 0 Å². The Morgan fingerprint density at radius 3 is 2.70 bits per heavy atom. The van der Waals surface area contributed by atoms with Gasteiger partial charge in [-0.3, -0.25) is 4.79 Å². The molecule has 4 nitrogen and oxygen atoms in total. The van der Waals surface area contributed by atoms with E-state index in [1.807, 2.05) is 0 Å². The maximum Gasteiger partial charge on any atom is 0.246 e. The normalized spacial score (nSPS) is 13.0. The van der Waals surface area contributed by atoms with Crippen molar-refractivity contribution in [1.29, 1.82) is 0 Å². The van der Waals surface area contributed by atoms with E-state index in [1.54, 1.807) is 6.92 Å². The summed E-state index contributed by atoms with van der Waals surface area (Å²) in [5.74, 6) is -0.433. The van der Waals surface area contributed by atoms with Gasteiger partial charge in [0.1, 0.15) is 6.10 Å². The third kappa shape index (κ3) is 4.29. The van der Waals surface area contributed by atoms with E-state index in [0.29, 0.717) is 13.2 Å². The van der Waals surface area contributed by atoms with Gasteiger partial charge in [0.15, 0.2) is 0 Å². The predicted molar refractivity (Wildman–Crippen MR) is 38.3 cm³/mol. The number of nitrogens with two attached hydrogens (primary N) is 2. The Balaban J connectivity index is 3.21. The summed E-state index contributed by atoms with van der Waals surface area (Å²) in [6, 6.07) is 0. The van der Waals surface area contributed by atoms with Gasteiger partial charge in [0.25, 0.3) is 0 Å². The van der Waals surface area contributed by atoms with E-state index in [1.165, 1.54) is 0 Å². The Labute approximate surface area is 60.5 Å². The van der Waals surface area contributed by atoms with Crippen LogP contribution < -0.4 is 11.5 Å². The van der Waals surface area contributed by atoms with Gasteiger partial charge < -0.3 is 16.2 Å². The number of amides is 1. The van der Waals surface area contributed by atoms with Crippen molar-refractivity contribution in [2.45, 2.75) is 19.4 Å². The number of hydrogen-bond acceptors (Lipinski definition) is 3. The molecule has 0 aliphatic carbocycles. The first kappa shape index (κ1) is 9.39. The van der Waals surface area contributed by atoms with Crippen LogP contribution in [-0.2, 0) is 9.53 Å². The van der Waals surface area contributed by atoms with Crippen LogP contribution >= 0.6 is 0 Å². The molecule has 1 atom stereocenters. The molecule has 1 amide bonds. The lowest BCUT2D eigenvalue weighted by Gasteiger charge is -2.07. The Morgan fingerprint density at radius 2 is 2.30 bits per heavy atom. The van der Waals surface area contributed by atoms with Gasteiger partial charge in [-0.2, -0.15) is 0 Å². The molecule has 0 aliphatic heterocycles. The highest BCUT2D eigenvalue weighted by Gasteiger charge is 2.06. The number of ether oxygens (including phenoxy) is 1. The lowest BCUT2D eigenvalue weighted by atomic mass is 10.4. The minimum atomic E-state index is -0.494. The zero-order chi connectivity index (χ0) is 7.98. The van der Waals surface area contributed by atoms with Crippen LogP contribution in [0.25, 0.3) is 0 Å². The molecule has 4 heteroatoms. The highest BCUT2D eigenvalue weighted by molar-refractivity contribution is 5.78. The first-order valence-electron chi connectivity index (χ1n) is 3.29. The van der Waals surface area contributed by atoms with Gasteiger partial charge in [0.05, 0.1) is 0 Å². The third-order valence-corrected chi connectivity index (χ3v) is 1.12. The molecule has 0 radical (unpaired) electrons. The molecular weight excluding hydrogens is 132 g/mol. The van der Waals surface area contributed by atoms with Crippen LogP contribution in [0.2, 0.25) is 0 Å². The number of hydrogen-bond donors (Lipinski definition) is 2. The summed E-state index contributed by atoms with van der Waals surface area (Å²) in [4.78, 5) is 10.4. The Kier molecular flexibility index (Phi) is 4.88. The van der Waals surface area contributed by atoms with E-state index in [4.69, 9.17) is 16.2 Å². The van der Waals surface area contributed by atoms with Crippen molar-refractivity contribution in [3.8, 4) is 0 Å². The lowest BCUT2D eigenvalue weighted by Crippen LogP contribution is -2.28. The summed E-state index contributed by atoms with van der Waals surface area (Å²) >= 11 is 0. The van der Waals surface area contributed by atoms with Crippen LogP contribution in [0.1, 0.15) is 13.3 Å². The number of primary amides is 1. The van der Waals surface area contributed by atoms with Gasteiger partial charge in [-0.25, -0.2) is 0 Å². The summed E-state index contributed by atoms with van der Waals surface area (Å²) in [5.41, 5.74) is 10.1. The van der Waals surface area contributed by atoms with E-state index in [9.17, 15) is 4.79 Å². The summed E-state index contributed by atoms with van der Waals surface area (Å²) < 4.78 is 4.99. The Bertz CT molecular complexity index is 106. The van der Waals surface area contributed by atoms with E-state index >= 15 is 0 Å². The van der Waals surface area contributed by atoms with Crippen LogP contribution in [-0.4, -0.2) is 25.2 Å². The quantitative estimate of drug-likeness (QED) is 0.500. The highest BCUT2D eigenvalue weighted by Crippen LogP contribution is 1.89. The van der Waals surface area contributed by atoms with Crippen molar-refractivity contribution in [2.75, 3.05) is 13.2 Å². The van der Waals surface area contributed by atoms with Crippen molar-refractivity contribution in [3.05, 3.63) is 0 Å². The van der Waals surface area contributed by atoms with Crippen LogP contribution in [0.15, 0.2) is 0 Å². The van der Waals surface area contributed by atoms with E-state index in [2.05, 4.69) is 0 Å². The summed E-state index contributed by atoms with van der Waals surface area (Å²) in [6.45, 7) is 2.70. The minimum absolute atomic E-state index is 0.433. The van der Waals surface area contributed by atoms with Gasteiger partial charge >= 0.3 is 0 Å². The third-order valence-electron chi connectivity index (χ3n) is 1.12. The molecule has 4 N–H and O–H groups in total. The monoisotopic (exact) mass is 146 g/mol. The van der Waals surface area contributed by atoms with Gasteiger partial charge in [0.2, 0.25) is 5.91 Å². The van der Waals surface area contributed by atoms with E-state index in [0.717, 1.165) is 6.42 Å². The van der Waals surface area contributed by atoms with Crippen LogP contribution in [0.5, 0.6) is 0 Å². The second kappa shape index (κ2) is 5.20. The zero-order valence-electron chi connectivity index (χ0n) is 6.17. The minimum Gasteiger partial charge on any atom is -0.369 e. The summed E-state index contributed by atoms with van der Waals surface area (Å²) in [5, 5.41) is 0.